The van der Waals surface area contributed by atoms with Gasteiger partial charge in [-0.25, -0.2) is 14.8 Å². The van der Waals surface area contributed by atoms with Gasteiger partial charge in [0.15, 0.2) is 6.10 Å². The number of carbonyl (C=O) groups excluding carboxylic acids is 2. The summed E-state index contributed by atoms with van der Waals surface area (Å²) < 4.78 is 5.27. The van der Waals surface area contributed by atoms with Gasteiger partial charge < -0.3 is 19.6 Å². The van der Waals surface area contributed by atoms with Crippen LogP contribution < -0.4 is 4.90 Å². The number of carbonyl (C=O) groups is 2. The van der Waals surface area contributed by atoms with Crippen LogP contribution in [0.25, 0.3) is 0 Å². The Labute approximate surface area is 157 Å². The lowest BCUT2D eigenvalue weighted by atomic mass is 10.1. The Bertz CT molecular complexity index is 820. The molecule has 1 aromatic heterocycles. The van der Waals surface area contributed by atoms with Crippen LogP contribution in [-0.4, -0.2) is 64.1 Å². The van der Waals surface area contributed by atoms with Crippen molar-refractivity contribution in [2.45, 2.75) is 20.0 Å². The van der Waals surface area contributed by atoms with Crippen molar-refractivity contribution in [3.05, 3.63) is 47.8 Å². The van der Waals surface area contributed by atoms with Gasteiger partial charge in [0.25, 0.3) is 5.91 Å². The Morgan fingerprint density at radius 3 is 2.48 bits per heavy atom. The van der Waals surface area contributed by atoms with Crippen LogP contribution in [0.5, 0.6) is 5.75 Å². The van der Waals surface area contributed by atoms with Gasteiger partial charge in [0, 0.05) is 38.6 Å². The summed E-state index contributed by atoms with van der Waals surface area (Å²) >= 11 is 0. The van der Waals surface area contributed by atoms with Crippen molar-refractivity contribution in [2.24, 2.45) is 0 Å². The summed E-state index contributed by atoms with van der Waals surface area (Å²) in [5, 5.41) is 9.83. The maximum Gasteiger partial charge on any atom is 0.342 e. The molecule has 1 aliphatic rings. The first-order valence-electron chi connectivity index (χ1n) is 8.77. The second kappa shape index (κ2) is 8.03. The first-order valence-corrected chi connectivity index (χ1v) is 8.77. The van der Waals surface area contributed by atoms with Crippen LogP contribution in [0.2, 0.25) is 0 Å². The standard InChI is InChI=1S/C19H22N4O4/c1-13-4-5-16(24)15(12-13)18(26)27-14(2)17(25)22-8-10-23(11-9-22)19-20-6-3-7-21-19/h3-7,12,14,24H,8-11H2,1-2H3. The van der Waals surface area contributed by atoms with Crippen molar-refractivity contribution in [1.29, 1.82) is 0 Å². The van der Waals surface area contributed by atoms with E-state index in [1.54, 1.807) is 43.3 Å². The third-order valence-electron chi connectivity index (χ3n) is 4.43. The van der Waals surface area contributed by atoms with E-state index in [2.05, 4.69) is 9.97 Å². The number of phenols is 1. The molecular formula is C19H22N4O4. The normalized spacial score (nSPS) is 15.3. The number of esters is 1. The lowest BCUT2D eigenvalue weighted by molar-refractivity contribution is -0.140. The Morgan fingerprint density at radius 1 is 1.15 bits per heavy atom. The quantitative estimate of drug-likeness (QED) is 0.813. The number of hydrogen-bond donors (Lipinski definition) is 1. The fraction of sp³-hybridized carbons (Fsp3) is 0.368. The van der Waals surface area contributed by atoms with E-state index >= 15 is 0 Å². The average Bonchev–Trinajstić information content (AvgIpc) is 2.70. The van der Waals surface area contributed by atoms with Crippen molar-refractivity contribution in [3.63, 3.8) is 0 Å². The smallest absolute Gasteiger partial charge is 0.342 e. The van der Waals surface area contributed by atoms with E-state index in [0.29, 0.717) is 32.1 Å². The zero-order chi connectivity index (χ0) is 19.4. The molecule has 0 aliphatic carbocycles. The van der Waals surface area contributed by atoms with Crippen LogP contribution in [-0.2, 0) is 9.53 Å². The Balaban J connectivity index is 1.56. The second-order valence-electron chi connectivity index (χ2n) is 6.43. The summed E-state index contributed by atoms with van der Waals surface area (Å²) in [7, 11) is 0. The van der Waals surface area contributed by atoms with Gasteiger partial charge in [-0.3, -0.25) is 4.79 Å². The zero-order valence-corrected chi connectivity index (χ0v) is 15.3. The maximum absolute atomic E-state index is 12.6. The van der Waals surface area contributed by atoms with Crippen LogP contribution in [0.3, 0.4) is 0 Å². The minimum atomic E-state index is -0.933. The van der Waals surface area contributed by atoms with Gasteiger partial charge in [0.1, 0.15) is 11.3 Å². The number of piperazine rings is 1. The fourth-order valence-electron chi connectivity index (χ4n) is 2.93. The molecule has 2 aromatic rings. The molecule has 1 aliphatic heterocycles. The number of rotatable bonds is 4. The largest absolute Gasteiger partial charge is 0.507 e. The summed E-state index contributed by atoms with van der Waals surface area (Å²) in [5.74, 6) is -0.502. The molecule has 0 radical (unpaired) electrons. The Hall–Kier alpha value is -3.16. The summed E-state index contributed by atoms with van der Waals surface area (Å²) in [4.78, 5) is 37.0. The number of aryl methyl sites for hydroxylation is 1. The average molecular weight is 370 g/mol. The van der Waals surface area contributed by atoms with Gasteiger partial charge in [-0.2, -0.15) is 0 Å². The van der Waals surface area contributed by atoms with Gasteiger partial charge in [-0.1, -0.05) is 11.6 Å². The third kappa shape index (κ3) is 4.33. The highest BCUT2D eigenvalue weighted by molar-refractivity contribution is 5.94. The van der Waals surface area contributed by atoms with E-state index in [1.807, 2.05) is 4.90 Å². The van der Waals surface area contributed by atoms with E-state index in [-0.39, 0.29) is 17.2 Å². The van der Waals surface area contributed by atoms with Crippen LogP contribution in [0.1, 0.15) is 22.8 Å². The number of phenolic OH excluding ortho intramolecular Hbond substituents is 1. The molecule has 1 amide bonds. The summed E-state index contributed by atoms with van der Waals surface area (Å²) in [6.07, 6.45) is 2.43. The van der Waals surface area contributed by atoms with Crippen molar-refractivity contribution in [2.75, 3.05) is 31.1 Å². The number of benzene rings is 1. The molecule has 1 fully saturated rings. The van der Waals surface area contributed by atoms with Crippen molar-refractivity contribution in [1.82, 2.24) is 14.9 Å². The molecule has 0 spiro atoms. The number of ether oxygens (including phenoxy) is 1. The minimum Gasteiger partial charge on any atom is -0.507 e. The van der Waals surface area contributed by atoms with Crippen molar-refractivity contribution < 1.29 is 19.4 Å². The summed E-state index contributed by atoms with van der Waals surface area (Å²) in [6, 6.07) is 6.42. The molecule has 1 atom stereocenters. The van der Waals surface area contributed by atoms with Crippen LogP contribution in [0.4, 0.5) is 5.95 Å². The van der Waals surface area contributed by atoms with Crippen LogP contribution >= 0.6 is 0 Å². The lowest BCUT2D eigenvalue weighted by Crippen LogP contribution is -2.52. The number of anilines is 1. The van der Waals surface area contributed by atoms with Crippen molar-refractivity contribution >= 4 is 17.8 Å². The van der Waals surface area contributed by atoms with Gasteiger partial charge in [-0.05, 0) is 32.0 Å². The van der Waals surface area contributed by atoms with Gasteiger partial charge in [0.05, 0.1) is 0 Å². The predicted molar refractivity (Wildman–Crippen MR) is 98.5 cm³/mol. The molecule has 1 aromatic carbocycles. The van der Waals surface area contributed by atoms with E-state index in [9.17, 15) is 14.7 Å². The number of aromatic nitrogens is 2. The highest BCUT2D eigenvalue weighted by atomic mass is 16.5. The Kier molecular flexibility index (Phi) is 5.54. The molecule has 1 N–H and O–H groups in total. The third-order valence-corrected chi connectivity index (χ3v) is 4.43. The highest BCUT2D eigenvalue weighted by Gasteiger charge is 2.28. The Morgan fingerprint density at radius 2 is 1.81 bits per heavy atom. The number of amides is 1. The minimum absolute atomic E-state index is 0.0562. The van der Waals surface area contributed by atoms with Crippen molar-refractivity contribution in [3.8, 4) is 5.75 Å². The fourth-order valence-corrected chi connectivity index (χ4v) is 2.93. The topological polar surface area (TPSA) is 95.9 Å². The first-order chi connectivity index (χ1) is 13.0. The SMILES string of the molecule is Cc1ccc(O)c(C(=O)OC(C)C(=O)N2CCN(c3ncccn3)CC2)c1. The van der Waals surface area contributed by atoms with E-state index in [1.165, 1.54) is 12.1 Å². The number of aromatic hydroxyl groups is 1. The molecule has 8 heteroatoms. The summed E-state index contributed by atoms with van der Waals surface area (Å²) in [6.45, 7) is 5.55. The number of nitrogens with zero attached hydrogens (tertiary/aromatic N) is 4. The molecule has 0 bridgehead atoms. The summed E-state index contributed by atoms with van der Waals surface area (Å²) in [5.41, 5.74) is 0.874. The lowest BCUT2D eigenvalue weighted by Gasteiger charge is -2.35. The molecule has 142 valence electrons. The molecule has 3 rings (SSSR count). The van der Waals surface area contributed by atoms with Crippen LogP contribution in [0.15, 0.2) is 36.7 Å². The molecule has 1 unspecified atom stereocenters. The maximum atomic E-state index is 12.6. The molecule has 1 saturated heterocycles. The molecular weight excluding hydrogens is 348 g/mol. The number of hydrogen-bond acceptors (Lipinski definition) is 7. The predicted octanol–water partition coefficient (Wildman–Crippen LogP) is 1.38. The van der Waals surface area contributed by atoms with E-state index < -0.39 is 12.1 Å². The van der Waals surface area contributed by atoms with Gasteiger partial charge in [0.2, 0.25) is 5.95 Å². The molecule has 0 saturated carbocycles. The highest BCUT2D eigenvalue weighted by Crippen LogP contribution is 2.20. The monoisotopic (exact) mass is 370 g/mol. The molecule has 2 heterocycles. The second-order valence-corrected chi connectivity index (χ2v) is 6.43. The molecule has 27 heavy (non-hydrogen) atoms. The first kappa shape index (κ1) is 18.6. The van der Waals surface area contributed by atoms with E-state index in [4.69, 9.17) is 4.74 Å². The van der Waals surface area contributed by atoms with Crippen LogP contribution in [0, 0.1) is 6.92 Å². The van der Waals surface area contributed by atoms with E-state index in [0.717, 1.165) is 5.56 Å². The molecule has 8 nitrogen and oxygen atoms in total. The van der Waals surface area contributed by atoms with Gasteiger partial charge >= 0.3 is 5.97 Å². The zero-order valence-electron chi connectivity index (χ0n) is 15.3. The van der Waals surface area contributed by atoms with Gasteiger partial charge in [-0.15, -0.1) is 0 Å².